The van der Waals surface area contributed by atoms with Crippen molar-refractivity contribution in [1.29, 1.82) is 0 Å². The normalized spacial score (nSPS) is 13.1. The van der Waals surface area contributed by atoms with Gasteiger partial charge >= 0.3 is 5.97 Å². The summed E-state index contributed by atoms with van der Waals surface area (Å²) in [6.07, 6.45) is 0.128. The van der Waals surface area contributed by atoms with Crippen molar-refractivity contribution >= 4 is 27.6 Å². The third-order valence-electron chi connectivity index (χ3n) is 2.43. The van der Waals surface area contributed by atoms with E-state index in [9.17, 15) is 17.6 Å². The number of rotatable bonds is 4. The molecule has 0 aliphatic heterocycles. The molecule has 1 rings (SSSR count). The second-order valence-electron chi connectivity index (χ2n) is 3.93. The molecule has 0 aliphatic rings. The maximum atomic E-state index is 13.6. The van der Waals surface area contributed by atoms with E-state index in [1.807, 2.05) is 0 Å². The van der Waals surface area contributed by atoms with Crippen LogP contribution in [0.4, 0.5) is 4.39 Å². The minimum absolute atomic E-state index is 0.389. The standard InChI is InChI=1S/C11H13ClFNO4S/c1-3-6(2)18-11(15)7-4-10(19(14,16)17)8(12)5-9(7)13/h4-6H,3H2,1-2H3,(H2,14,16,17). The lowest BCUT2D eigenvalue weighted by Crippen LogP contribution is -2.18. The van der Waals surface area contributed by atoms with E-state index in [0.29, 0.717) is 12.5 Å². The van der Waals surface area contributed by atoms with E-state index in [4.69, 9.17) is 21.5 Å². The lowest BCUT2D eigenvalue weighted by atomic mass is 10.2. The summed E-state index contributed by atoms with van der Waals surface area (Å²) in [7, 11) is -4.15. The van der Waals surface area contributed by atoms with Gasteiger partial charge in [0.2, 0.25) is 10.0 Å². The van der Waals surface area contributed by atoms with Crippen molar-refractivity contribution in [2.45, 2.75) is 31.3 Å². The second-order valence-corrected chi connectivity index (χ2v) is 5.87. The number of hydrogen-bond donors (Lipinski definition) is 1. The van der Waals surface area contributed by atoms with Gasteiger partial charge < -0.3 is 4.74 Å². The fourth-order valence-electron chi connectivity index (χ4n) is 1.23. The van der Waals surface area contributed by atoms with Crippen LogP contribution in [-0.4, -0.2) is 20.5 Å². The SMILES string of the molecule is CCC(C)OC(=O)c1cc(S(N)(=O)=O)c(Cl)cc1F. The summed E-state index contributed by atoms with van der Waals surface area (Å²) in [5.41, 5.74) is -0.520. The second kappa shape index (κ2) is 5.85. The van der Waals surface area contributed by atoms with Crippen molar-refractivity contribution in [2.75, 3.05) is 0 Å². The van der Waals surface area contributed by atoms with E-state index in [2.05, 4.69) is 0 Å². The number of benzene rings is 1. The number of nitrogens with two attached hydrogens (primary N) is 1. The monoisotopic (exact) mass is 309 g/mol. The number of carbonyl (C=O) groups is 1. The Kier molecular flexibility index (Phi) is 4.89. The van der Waals surface area contributed by atoms with Gasteiger partial charge in [0.1, 0.15) is 10.7 Å². The molecule has 0 fully saturated rings. The van der Waals surface area contributed by atoms with E-state index in [0.717, 1.165) is 6.07 Å². The summed E-state index contributed by atoms with van der Waals surface area (Å²) in [4.78, 5) is 11.2. The van der Waals surface area contributed by atoms with Crippen LogP contribution in [0.5, 0.6) is 0 Å². The van der Waals surface area contributed by atoms with Gasteiger partial charge in [0.15, 0.2) is 0 Å². The predicted molar refractivity (Wildman–Crippen MR) is 68.0 cm³/mol. The van der Waals surface area contributed by atoms with Crippen LogP contribution in [0.2, 0.25) is 5.02 Å². The summed E-state index contributed by atoms with van der Waals surface area (Å²) in [5.74, 6) is -1.93. The zero-order valence-electron chi connectivity index (χ0n) is 10.3. The number of hydrogen-bond acceptors (Lipinski definition) is 4. The number of primary sulfonamides is 1. The lowest BCUT2D eigenvalue weighted by molar-refractivity contribution is 0.0329. The summed E-state index contributed by atoms with van der Waals surface area (Å²) < 4.78 is 41.0. The van der Waals surface area contributed by atoms with Gasteiger partial charge in [-0.15, -0.1) is 0 Å². The molecule has 0 amide bonds. The molecule has 0 radical (unpaired) electrons. The summed E-state index contributed by atoms with van der Waals surface area (Å²) in [6, 6.07) is 1.49. The molecule has 0 heterocycles. The largest absolute Gasteiger partial charge is 0.459 e. The van der Waals surface area contributed by atoms with Crippen LogP contribution in [-0.2, 0) is 14.8 Å². The minimum Gasteiger partial charge on any atom is -0.459 e. The molecule has 0 saturated carbocycles. The van der Waals surface area contributed by atoms with Gasteiger partial charge in [0.25, 0.3) is 0 Å². The highest BCUT2D eigenvalue weighted by atomic mass is 35.5. The molecule has 1 aromatic rings. The maximum absolute atomic E-state index is 13.6. The molecule has 0 aliphatic carbocycles. The van der Waals surface area contributed by atoms with Gasteiger partial charge in [-0.05, 0) is 25.5 Å². The number of halogens is 2. The van der Waals surface area contributed by atoms with Crippen molar-refractivity contribution in [3.05, 3.63) is 28.5 Å². The molecular weight excluding hydrogens is 297 g/mol. The third-order valence-corrected chi connectivity index (χ3v) is 3.81. The first kappa shape index (κ1) is 15.9. The zero-order chi connectivity index (χ0) is 14.8. The lowest BCUT2D eigenvalue weighted by Gasteiger charge is -2.12. The first-order valence-corrected chi connectivity index (χ1v) is 7.32. The van der Waals surface area contributed by atoms with Crippen LogP contribution in [0.1, 0.15) is 30.6 Å². The molecule has 0 aromatic heterocycles. The van der Waals surface area contributed by atoms with E-state index >= 15 is 0 Å². The topological polar surface area (TPSA) is 86.5 Å². The molecule has 8 heteroatoms. The molecule has 1 aromatic carbocycles. The van der Waals surface area contributed by atoms with Gasteiger partial charge in [0.05, 0.1) is 16.7 Å². The van der Waals surface area contributed by atoms with Gasteiger partial charge in [-0.1, -0.05) is 18.5 Å². The highest BCUT2D eigenvalue weighted by molar-refractivity contribution is 7.89. The average Bonchev–Trinajstić information content (AvgIpc) is 2.26. The fraction of sp³-hybridized carbons (Fsp3) is 0.364. The Balaban J connectivity index is 3.26. The molecule has 5 nitrogen and oxygen atoms in total. The van der Waals surface area contributed by atoms with Crippen LogP contribution >= 0.6 is 11.6 Å². The Bertz CT molecular complexity index is 603. The number of ether oxygens (including phenoxy) is 1. The number of esters is 1. The number of carbonyl (C=O) groups excluding carboxylic acids is 1. The van der Waals surface area contributed by atoms with Gasteiger partial charge in [-0.3, -0.25) is 0 Å². The van der Waals surface area contributed by atoms with Crippen LogP contribution in [0.15, 0.2) is 17.0 Å². The molecule has 1 atom stereocenters. The fourth-order valence-corrected chi connectivity index (χ4v) is 2.32. The molecule has 0 spiro atoms. The minimum atomic E-state index is -4.15. The maximum Gasteiger partial charge on any atom is 0.341 e. The summed E-state index contributed by atoms with van der Waals surface area (Å²) >= 11 is 5.57. The van der Waals surface area contributed by atoms with E-state index in [-0.39, 0.29) is 5.02 Å². The van der Waals surface area contributed by atoms with Crippen molar-refractivity contribution in [3.63, 3.8) is 0 Å². The molecule has 0 bridgehead atoms. The molecule has 2 N–H and O–H groups in total. The Labute approximate surface area is 115 Å². The van der Waals surface area contributed by atoms with Crippen molar-refractivity contribution < 1.29 is 22.3 Å². The zero-order valence-corrected chi connectivity index (χ0v) is 11.9. The molecule has 1 unspecified atom stereocenters. The molecule has 106 valence electrons. The summed E-state index contributed by atoms with van der Waals surface area (Å²) in [6.45, 7) is 3.41. The predicted octanol–water partition coefficient (Wildman–Crippen LogP) is 2.08. The number of sulfonamides is 1. The Morgan fingerprint density at radius 1 is 1.53 bits per heavy atom. The van der Waals surface area contributed by atoms with Crippen LogP contribution < -0.4 is 5.14 Å². The smallest absolute Gasteiger partial charge is 0.341 e. The van der Waals surface area contributed by atoms with Crippen LogP contribution in [0.3, 0.4) is 0 Å². The average molecular weight is 310 g/mol. The van der Waals surface area contributed by atoms with Gasteiger partial charge in [0, 0.05) is 0 Å². The Morgan fingerprint density at radius 2 is 2.11 bits per heavy atom. The molecule has 19 heavy (non-hydrogen) atoms. The molecule has 0 saturated heterocycles. The first-order chi connectivity index (χ1) is 8.66. The van der Waals surface area contributed by atoms with E-state index < -0.39 is 38.4 Å². The van der Waals surface area contributed by atoms with Crippen LogP contribution in [0, 0.1) is 5.82 Å². The first-order valence-electron chi connectivity index (χ1n) is 5.39. The quantitative estimate of drug-likeness (QED) is 0.863. The van der Waals surface area contributed by atoms with Crippen LogP contribution in [0.25, 0.3) is 0 Å². The van der Waals surface area contributed by atoms with Crippen molar-refractivity contribution in [1.82, 2.24) is 0 Å². The van der Waals surface area contributed by atoms with Crippen molar-refractivity contribution in [3.8, 4) is 0 Å². The summed E-state index contributed by atoms with van der Waals surface area (Å²) in [5, 5.41) is 4.53. The Hall–Kier alpha value is -1.18. The third kappa shape index (κ3) is 3.89. The van der Waals surface area contributed by atoms with Gasteiger partial charge in [-0.2, -0.15) is 0 Å². The van der Waals surface area contributed by atoms with E-state index in [1.165, 1.54) is 0 Å². The van der Waals surface area contributed by atoms with Crippen molar-refractivity contribution in [2.24, 2.45) is 5.14 Å². The molecular formula is C11H13ClFNO4S. The Morgan fingerprint density at radius 3 is 2.58 bits per heavy atom. The highest BCUT2D eigenvalue weighted by Gasteiger charge is 2.22. The van der Waals surface area contributed by atoms with Gasteiger partial charge in [-0.25, -0.2) is 22.7 Å². The van der Waals surface area contributed by atoms with E-state index in [1.54, 1.807) is 13.8 Å². The highest BCUT2D eigenvalue weighted by Crippen LogP contribution is 2.24.